The lowest BCUT2D eigenvalue weighted by molar-refractivity contribution is -0.118. The Balaban J connectivity index is 2.74. The summed E-state index contributed by atoms with van der Waals surface area (Å²) >= 11 is 0. The lowest BCUT2D eigenvalue weighted by atomic mass is 10.2. The van der Waals surface area contributed by atoms with E-state index in [1.165, 1.54) is 0 Å². The smallest absolute Gasteiger partial charge is 0.237 e. The molecule has 0 aliphatic rings. The number of nitrogens with two attached hydrogens (primary N) is 1. The van der Waals surface area contributed by atoms with Crippen LogP contribution in [0.25, 0.3) is 0 Å². The zero-order valence-electron chi connectivity index (χ0n) is 7.49. The second kappa shape index (κ2) is 3.89. The Morgan fingerprint density at radius 3 is 2.77 bits per heavy atom. The molecule has 0 aliphatic heterocycles. The van der Waals surface area contributed by atoms with Crippen molar-refractivity contribution in [3.63, 3.8) is 0 Å². The second-order valence-corrected chi connectivity index (χ2v) is 2.82. The monoisotopic (exact) mass is 180 g/mol. The van der Waals surface area contributed by atoms with Crippen molar-refractivity contribution in [3.05, 3.63) is 24.0 Å². The number of carbonyl (C=O) groups is 2. The SMILES string of the molecule is CCC(=O)c1ccn(CC(N)=O)c1. The van der Waals surface area contributed by atoms with Crippen molar-refractivity contribution >= 4 is 11.7 Å². The summed E-state index contributed by atoms with van der Waals surface area (Å²) in [6, 6.07) is 1.69. The van der Waals surface area contributed by atoms with Gasteiger partial charge in [0.25, 0.3) is 0 Å². The van der Waals surface area contributed by atoms with Crippen LogP contribution in [0.3, 0.4) is 0 Å². The number of rotatable bonds is 4. The van der Waals surface area contributed by atoms with Gasteiger partial charge in [-0.05, 0) is 6.07 Å². The molecule has 4 heteroatoms. The number of aromatic nitrogens is 1. The summed E-state index contributed by atoms with van der Waals surface area (Å²) in [5.74, 6) is -0.339. The van der Waals surface area contributed by atoms with E-state index in [0.29, 0.717) is 12.0 Å². The van der Waals surface area contributed by atoms with Gasteiger partial charge in [-0.2, -0.15) is 0 Å². The minimum Gasteiger partial charge on any atom is -0.368 e. The molecule has 0 aliphatic carbocycles. The molecule has 0 unspecified atom stereocenters. The fourth-order valence-corrected chi connectivity index (χ4v) is 1.09. The molecule has 0 fully saturated rings. The molecule has 0 bridgehead atoms. The van der Waals surface area contributed by atoms with Crippen LogP contribution in [-0.4, -0.2) is 16.3 Å². The van der Waals surface area contributed by atoms with E-state index in [-0.39, 0.29) is 12.3 Å². The number of hydrogen-bond donors (Lipinski definition) is 1. The summed E-state index contributed by atoms with van der Waals surface area (Å²) < 4.78 is 1.60. The highest BCUT2D eigenvalue weighted by Gasteiger charge is 2.05. The van der Waals surface area contributed by atoms with Crippen LogP contribution in [0.5, 0.6) is 0 Å². The van der Waals surface area contributed by atoms with Crippen molar-refractivity contribution in [2.24, 2.45) is 5.73 Å². The highest BCUT2D eigenvalue weighted by molar-refractivity contribution is 5.95. The molecule has 1 rings (SSSR count). The van der Waals surface area contributed by atoms with Gasteiger partial charge in [0.15, 0.2) is 5.78 Å². The molecule has 0 saturated heterocycles. The molecule has 70 valence electrons. The molecule has 0 saturated carbocycles. The molecule has 1 aromatic heterocycles. The number of hydrogen-bond acceptors (Lipinski definition) is 2. The van der Waals surface area contributed by atoms with Gasteiger partial charge < -0.3 is 10.3 Å². The van der Waals surface area contributed by atoms with Crippen LogP contribution in [0.2, 0.25) is 0 Å². The molecule has 4 nitrogen and oxygen atoms in total. The Kier molecular flexibility index (Phi) is 2.84. The highest BCUT2D eigenvalue weighted by atomic mass is 16.1. The van der Waals surface area contributed by atoms with Gasteiger partial charge in [-0.25, -0.2) is 0 Å². The summed E-state index contributed by atoms with van der Waals surface area (Å²) in [7, 11) is 0. The number of amides is 1. The van der Waals surface area contributed by atoms with E-state index in [0.717, 1.165) is 0 Å². The van der Waals surface area contributed by atoms with Crippen LogP contribution in [-0.2, 0) is 11.3 Å². The van der Waals surface area contributed by atoms with Crippen molar-refractivity contribution in [1.29, 1.82) is 0 Å². The third kappa shape index (κ3) is 2.43. The molecule has 0 spiro atoms. The molecule has 0 aromatic carbocycles. The molecular weight excluding hydrogens is 168 g/mol. The summed E-state index contributed by atoms with van der Waals surface area (Å²) in [5.41, 5.74) is 5.63. The Morgan fingerprint density at radius 1 is 1.54 bits per heavy atom. The van der Waals surface area contributed by atoms with Crippen LogP contribution in [0.1, 0.15) is 23.7 Å². The van der Waals surface area contributed by atoms with Crippen LogP contribution >= 0.6 is 0 Å². The average Bonchev–Trinajstić information content (AvgIpc) is 2.50. The van der Waals surface area contributed by atoms with E-state index in [1.54, 1.807) is 30.0 Å². The maximum Gasteiger partial charge on any atom is 0.237 e. The van der Waals surface area contributed by atoms with Gasteiger partial charge in [-0.3, -0.25) is 9.59 Å². The molecule has 1 aromatic rings. The van der Waals surface area contributed by atoms with Crippen LogP contribution < -0.4 is 5.73 Å². The van der Waals surface area contributed by atoms with Crippen molar-refractivity contribution in [2.45, 2.75) is 19.9 Å². The van der Waals surface area contributed by atoms with E-state index in [4.69, 9.17) is 5.73 Å². The average molecular weight is 180 g/mol. The number of Topliss-reactive ketones (excluding diaryl/α,β-unsaturated/α-hetero) is 1. The number of carbonyl (C=O) groups excluding carboxylic acids is 2. The molecule has 1 amide bonds. The predicted molar refractivity (Wildman–Crippen MR) is 48.2 cm³/mol. The Morgan fingerprint density at radius 2 is 2.23 bits per heavy atom. The first-order valence-corrected chi connectivity index (χ1v) is 4.10. The van der Waals surface area contributed by atoms with E-state index in [9.17, 15) is 9.59 Å². The fourth-order valence-electron chi connectivity index (χ4n) is 1.09. The predicted octanol–water partition coefficient (Wildman–Crippen LogP) is 0.566. The third-order valence-electron chi connectivity index (χ3n) is 1.73. The quantitative estimate of drug-likeness (QED) is 0.688. The number of ketones is 1. The zero-order chi connectivity index (χ0) is 9.84. The maximum atomic E-state index is 11.2. The summed E-state index contributed by atoms with van der Waals surface area (Å²) in [4.78, 5) is 21.7. The lowest BCUT2D eigenvalue weighted by Gasteiger charge is -1.96. The maximum absolute atomic E-state index is 11.2. The first kappa shape index (κ1) is 9.51. The number of nitrogens with zero attached hydrogens (tertiary/aromatic N) is 1. The van der Waals surface area contributed by atoms with Gasteiger partial charge in [0.2, 0.25) is 5.91 Å². The van der Waals surface area contributed by atoms with Crippen LogP contribution in [0, 0.1) is 0 Å². The standard InChI is InChI=1S/C9H12N2O2/c1-2-8(12)7-3-4-11(5-7)6-9(10)13/h3-5H,2,6H2,1H3,(H2,10,13). The zero-order valence-corrected chi connectivity index (χ0v) is 7.49. The van der Waals surface area contributed by atoms with E-state index >= 15 is 0 Å². The van der Waals surface area contributed by atoms with Gasteiger partial charge in [0, 0.05) is 24.4 Å². The minimum absolute atomic E-state index is 0.0724. The van der Waals surface area contributed by atoms with E-state index in [2.05, 4.69) is 0 Å². The van der Waals surface area contributed by atoms with Crippen LogP contribution in [0.4, 0.5) is 0 Å². The Labute approximate surface area is 76.3 Å². The second-order valence-electron chi connectivity index (χ2n) is 2.82. The normalized spacial score (nSPS) is 9.92. The molecule has 1 heterocycles. The van der Waals surface area contributed by atoms with E-state index in [1.807, 2.05) is 0 Å². The number of primary amides is 1. The van der Waals surface area contributed by atoms with Crippen molar-refractivity contribution in [2.75, 3.05) is 0 Å². The van der Waals surface area contributed by atoms with Crippen molar-refractivity contribution in [3.8, 4) is 0 Å². The molecule has 13 heavy (non-hydrogen) atoms. The Hall–Kier alpha value is -1.58. The summed E-state index contributed by atoms with van der Waals surface area (Å²) in [6.07, 6.45) is 3.78. The van der Waals surface area contributed by atoms with Gasteiger partial charge >= 0.3 is 0 Å². The molecule has 2 N–H and O–H groups in total. The topological polar surface area (TPSA) is 65.1 Å². The van der Waals surface area contributed by atoms with Crippen molar-refractivity contribution in [1.82, 2.24) is 4.57 Å². The molecular formula is C9H12N2O2. The minimum atomic E-state index is -0.411. The first-order chi connectivity index (χ1) is 6.13. The van der Waals surface area contributed by atoms with Gasteiger partial charge in [-0.15, -0.1) is 0 Å². The largest absolute Gasteiger partial charge is 0.368 e. The molecule has 0 radical (unpaired) electrons. The van der Waals surface area contributed by atoms with Crippen LogP contribution in [0.15, 0.2) is 18.5 Å². The summed E-state index contributed by atoms with van der Waals surface area (Å²) in [5, 5.41) is 0. The lowest BCUT2D eigenvalue weighted by Crippen LogP contribution is -2.17. The van der Waals surface area contributed by atoms with Gasteiger partial charge in [0.1, 0.15) is 6.54 Å². The first-order valence-electron chi connectivity index (χ1n) is 4.10. The van der Waals surface area contributed by atoms with E-state index < -0.39 is 5.91 Å². The van der Waals surface area contributed by atoms with Gasteiger partial charge in [0.05, 0.1) is 0 Å². The molecule has 0 atom stereocenters. The van der Waals surface area contributed by atoms with Crippen molar-refractivity contribution < 1.29 is 9.59 Å². The van der Waals surface area contributed by atoms with Gasteiger partial charge in [-0.1, -0.05) is 6.92 Å². The third-order valence-corrected chi connectivity index (χ3v) is 1.73. The fraction of sp³-hybridized carbons (Fsp3) is 0.333. The summed E-state index contributed by atoms with van der Waals surface area (Å²) in [6.45, 7) is 1.92. The highest BCUT2D eigenvalue weighted by Crippen LogP contribution is 2.04. The Bertz CT molecular complexity index is 328.